The molecule has 6 heteroatoms. The van der Waals surface area contributed by atoms with Gasteiger partial charge in [-0.3, -0.25) is 5.41 Å². The zero-order valence-electron chi connectivity index (χ0n) is 12.4. The molecule has 0 aromatic heterocycles. The number of ether oxygens (including phenoxy) is 2. The Morgan fingerprint density at radius 2 is 2.00 bits per heavy atom. The van der Waals surface area contributed by atoms with Crippen molar-refractivity contribution in [2.75, 3.05) is 0 Å². The number of nitrogens with zero attached hydrogens (tertiary/aromatic N) is 3. The Morgan fingerprint density at radius 3 is 2.57 bits per heavy atom. The van der Waals surface area contributed by atoms with Gasteiger partial charge in [-0.2, -0.15) is 15.5 Å². The lowest BCUT2D eigenvalue weighted by Gasteiger charge is -2.60. The maximum Gasteiger partial charge on any atom is 0.218 e. The Balaban J connectivity index is 2.22. The van der Waals surface area contributed by atoms with Crippen LogP contribution in [0.3, 0.4) is 0 Å². The molecule has 4 heterocycles. The minimum Gasteiger partial charge on any atom is -0.447 e. The van der Waals surface area contributed by atoms with Crippen molar-refractivity contribution in [3.05, 3.63) is 0 Å². The number of hydrogen-bond acceptors (Lipinski definition) is 5. The van der Waals surface area contributed by atoms with Crippen LogP contribution < -0.4 is 0 Å². The van der Waals surface area contributed by atoms with Crippen LogP contribution >= 0.6 is 0 Å². The highest BCUT2D eigenvalue weighted by molar-refractivity contribution is 6.12. The molecule has 4 aliphatic rings. The average molecular weight is 286 g/mol. The molecule has 4 rings (SSSR count). The Morgan fingerprint density at radius 1 is 1.33 bits per heavy atom. The summed E-state index contributed by atoms with van der Waals surface area (Å²) in [6.45, 7) is 5.64. The molecule has 0 amide bonds. The van der Waals surface area contributed by atoms with Crippen molar-refractivity contribution >= 4 is 11.7 Å². The fraction of sp³-hybridized carbons (Fsp3) is 0.733. The van der Waals surface area contributed by atoms with E-state index in [4.69, 9.17) is 14.9 Å². The van der Waals surface area contributed by atoms with Crippen LogP contribution in [0, 0.1) is 44.8 Å². The second-order valence-corrected chi connectivity index (χ2v) is 6.19. The number of amidine groups is 1. The van der Waals surface area contributed by atoms with Crippen LogP contribution in [0.1, 0.15) is 40.0 Å². The lowest BCUT2D eigenvalue weighted by Crippen LogP contribution is -2.73. The zero-order chi connectivity index (χ0) is 15.5. The molecule has 3 fully saturated rings. The van der Waals surface area contributed by atoms with Crippen LogP contribution in [0.5, 0.6) is 0 Å². The molecule has 5 atom stereocenters. The van der Waals surface area contributed by atoms with Gasteiger partial charge in [0.05, 0.1) is 18.2 Å². The van der Waals surface area contributed by atoms with E-state index < -0.39 is 28.6 Å². The number of fused-ring (bicyclic) bond motifs is 1. The monoisotopic (exact) mass is 286 g/mol. The topological polar surface area (TPSA) is 102 Å². The van der Waals surface area contributed by atoms with E-state index in [1.165, 1.54) is 0 Å². The molecule has 4 aliphatic heterocycles. The van der Waals surface area contributed by atoms with Crippen LogP contribution in [-0.4, -0.2) is 23.6 Å². The van der Waals surface area contributed by atoms with Gasteiger partial charge in [0, 0.05) is 12.8 Å². The molecule has 4 bridgehead atoms. The number of unbranched alkanes of at least 4 members (excludes halogenated alkanes) is 1. The maximum absolute atomic E-state index is 9.89. The molecule has 0 aromatic carbocycles. The van der Waals surface area contributed by atoms with Crippen molar-refractivity contribution in [3.8, 4) is 12.1 Å². The molecule has 21 heavy (non-hydrogen) atoms. The SMILES string of the molecule is CCCCC1OC2(C)OC3=NC(=N)C(C#N)(C2C)C31C#N. The number of hydrogen-bond donors (Lipinski definition) is 1. The first-order valence-corrected chi connectivity index (χ1v) is 7.30. The van der Waals surface area contributed by atoms with Crippen molar-refractivity contribution in [2.24, 2.45) is 21.7 Å². The predicted octanol–water partition coefficient (Wildman–Crippen LogP) is 2.37. The van der Waals surface area contributed by atoms with E-state index in [1.807, 2.05) is 0 Å². The zero-order valence-corrected chi connectivity index (χ0v) is 12.4. The molecule has 6 nitrogen and oxygen atoms in total. The summed E-state index contributed by atoms with van der Waals surface area (Å²) in [5.41, 5.74) is -2.56. The lowest BCUT2D eigenvalue weighted by molar-refractivity contribution is -0.330. The second-order valence-electron chi connectivity index (χ2n) is 6.19. The molecule has 0 aliphatic carbocycles. The first-order valence-electron chi connectivity index (χ1n) is 7.30. The van der Waals surface area contributed by atoms with Gasteiger partial charge in [0.2, 0.25) is 11.7 Å². The van der Waals surface area contributed by atoms with Gasteiger partial charge < -0.3 is 9.47 Å². The van der Waals surface area contributed by atoms with Gasteiger partial charge in [-0.15, -0.1) is 0 Å². The lowest BCUT2D eigenvalue weighted by atomic mass is 9.51. The summed E-state index contributed by atoms with van der Waals surface area (Å²) in [5, 5.41) is 27.9. The molecule has 1 N–H and O–H groups in total. The van der Waals surface area contributed by atoms with Crippen LogP contribution in [0.25, 0.3) is 0 Å². The van der Waals surface area contributed by atoms with Crippen LogP contribution in [0.15, 0.2) is 4.99 Å². The van der Waals surface area contributed by atoms with Crippen molar-refractivity contribution < 1.29 is 9.47 Å². The van der Waals surface area contributed by atoms with Gasteiger partial charge >= 0.3 is 0 Å². The smallest absolute Gasteiger partial charge is 0.218 e. The highest BCUT2D eigenvalue weighted by Crippen LogP contribution is 2.66. The van der Waals surface area contributed by atoms with Crippen LogP contribution in [0.4, 0.5) is 0 Å². The minimum absolute atomic E-state index is 0.0671. The molecule has 5 unspecified atom stereocenters. The van der Waals surface area contributed by atoms with E-state index >= 15 is 0 Å². The summed E-state index contributed by atoms with van der Waals surface area (Å²) in [5.74, 6) is -1.31. The largest absolute Gasteiger partial charge is 0.447 e. The molecular weight excluding hydrogens is 268 g/mol. The fourth-order valence-electron chi connectivity index (χ4n) is 3.96. The predicted molar refractivity (Wildman–Crippen MR) is 74.3 cm³/mol. The molecule has 110 valence electrons. The average Bonchev–Trinajstić information content (AvgIpc) is 2.68. The number of nitrogens with one attached hydrogen (secondary N) is 1. The quantitative estimate of drug-likeness (QED) is 0.860. The number of rotatable bonds is 3. The van der Waals surface area contributed by atoms with E-state index in [-0.39, 0.29) is 11.7 Å². The Kier molecular flexibility index (Phi) is 2.71. The van der Waals surface area contributed by atoms with Crippen LogP contribution in [0.2, 0.25) is 0 Å². The van der Waals surface area contributed by atoms with Gasteiger partial charge in [-0.05, 0) is 6.42 Å². The summed E-state index contributed by atoms with van der Waals surface area (Å²) >= 11 is 0. The summed E-state index contributed by atoms with van der Waals surface area (Å²) in [6, 6.07) is 4.49. The highest BCUT2D eigenvalue weighted by atomic mass is 16.7. The fourth-order valence-corrected chi connectivity index (χ4v) is 3.96. The molecule has 0 aromatic rings. The van der Waals surface area contributed by atoms with Gasteiger partial charge in [0.1, 0.15) is 5.84 Å². The maximum atomic E-state index is 9.89. The molecule has 3 saturated heterocycles. The Labute approximate surface area is 123 Å². The Hall–Kier alpha value is -1.92. The summed E-state index contributed by atoms with van der Waals surface area (Å²) in [7, 11) is 0. The van der Waals surface area contributed by atoms with E-state index in [9.17, 15) is 10.5 Å². The molecule has 0 spiro atoms. The minimum atomic E-state index is -1.29. The van der Waals surface area contributed by atoms with Crippen molar-refractivity contribution in [2.45, 2.75) is 51.9 Å². The standard InChI is InChI=1S/C15H18N4O2/c1-4-5-6-10-15(8-17)12-19-11(18)14(15,7-16)9(2)13(3,20-10)21-12/h9-10,18H,4-6H2,1-3H3. The molecular formula is C15H18N4O2. The van der Waals surface area contributed by atoms with E-state index in [1.54, 1.807) is 13.8 Å². The number of nitriles is 2. The van der Waals surface area contributed by atoms with Gasteiger partial charge in [-0.25, -0.2) is 0 Å². The summed E-state index contributed by atoms with van der Waals surface area (Å²) in [6.07, 6.45) is 2.06. The highest BCUT2D eigenvalue weighted by Gasteiger charge is 2.81. The summed E-state index contributed by atoms with van der Waals surface area (Å²) < 4.78 is 11.9. The first kappa shape index (κ1) is 14.0. The first-order chi connectivity index (χ1) is 9.92. The normalized spacial score (nSPS) is 46.5. The third kappa shape index (κ3) is 1.25. The van der Waals surface area contributed by atoms with Crippen molar-refractivity contribution in [1.29, 1.82) is 15.9 Å². The van der Waals surface area contributed by atoms with Gasteiger partial charge in [0.25, 0.3) is 0 Å². The third-order valence-electron chi connectivity index (χ3n) is 5.31. The second kappa shape index (κ2) is 4.05. The van der Waals surface area contributed by atoms with Crippen molar-refractivity contribution in [3.63, 3.8) is 0 Å². The van der Waals surface area contributed by atoms with Gasteiger partial charge in [0.15, 0.2) is 10.8 Å². The van der Waals surface area contributed by atoms with E-state index in [2.05, 4.69) is 24.1 Å². The van der Waals surface area contributed by atoms with Crippen molar-refractivity contribution in [1.82, 2.24) is 0 Å². The number of aliphatic imine (C=N–C) groups is 1. The van der Waals surface area contributed by atoms with Crippen LogP contribution in [-0.2, 0) is 9.47 Å². The Bertz CT molecular complexity index is 631. The van der Waals surface area contributed by atoms with Gasteiger partial charge in [-0.1, -0.05) is 26.7 Å². The van der Waals surface area contributed by atoms with E-state index in [0.717, 1.165) is 12.8 Å². The van der Waals surface area contributed by atoms with E-state index in [0.29, 0.717) is 6.42 Å². The third-order valence-corrected chi connectivity index (χ3v) is 5.31. The molecule has 0 saturated carbocycles. The summed E-state index contributed by atoms with van der Waals surface area (Å²) in [4.78, 5) is 4.13. The molecule has 0 radical (unpaired) electrons.